The third-order valence-corrected chi connectivity index (χ3v) is 3.98. The number of hydrogen-bond donors (Lipinski definition) is 1. The molecule has 146 valence electrons. The number of nitrogens with zero attached hydrogens (tertiary/aromatic N) is 3. The van der Waals surface area contributed by atoms with E-state index in [9.17, 15) is 14.9 Å². The average molecular weight is 394 g/mol. The van der Waals surface area contributed by atoms with Crippen LogP contribution in [0.3, 0.4) is 0 Å². The van der Waals surface area contributed by atoms with E-state index in [0.29, 0.717) is 35.8 Å². The molecule has 0 aliphatic carbocycles. The van der Waals surface area contributed by atoms with Crippen molar-refractivity contribution in [3.05, 3.63) is 64.2 Å². The molecular formula is C19H14N4O6. The van der Waals surface area contributed by atoms with Crippen LogP contribution in [0, 0.1) is 10.1 Å². The number of carbonyl (C=O) groups is 1. The zero-order chi connectivity index (χ0) is 20.2. The van der Waals surface area contributed by atoms with Gasteiger partial charge in [-0.05, 0) is 42.0 Å². The van der Waals surface area contributed by atoms with Crippen molar-refractivity contribution >= 4 is 23.7 Å². The lowest BCUT2D eigenvalue weighted by atomic mass is 10.2. The van der Waals surface area contributed by atoms with Crippen LogP contribution in [0.5, 0.6) is 11.5 Å². The zero-order valence-corrected chi connectivity index (χ0v) is 14.9. The molecule has 10 heteroatoms. The Hall–Kier alpha value is -4.21. The predicted molar refractivity (Wildman–Crippen MR) is 101 cm³/mol. The number of nitro groups is 1. The summed E-state index contributed by atoms with van der Waals surface area (Å²) < 4.78 is 16.5. The fourth-order valence-corrected chi connectivity index (χ4v) is 2.59. The van der Waals surface area contributed by atoms with Gasteiger partial charge < -0.3 is 13.9 Å². The Morgan fingerprint density at radius 1 is 1.07 bits per heavy atom. The zero-order valence-electron chi connectivity index (χ0n) is 14.9. The minimum absolute atomic E-state index is 0.0240. The lowest BCUT2D eigenvalue weighted by Crippen LogP contribution is -2.15. The Balaban J connectivity index is 1.41. The summed E-state index contributed by atoms with van der Waals surface area (Å²) in [5.74, 6) is 0.963. The second kappa shape index (κ2) is 7.80. The van der Waals surface area contributed by atoms with Gasteiger partial charge in [-0.1, -0.05) is 5.10 Å². The van der Waals surface area contributed by atoms with Crippen molar-refractivity contribution in [2.45, 2.75) is 0 Å². The molecule has 1 amide bonds. The SMILES string of the molecule is O=C(/C=C/c1ccc([N+](=O)[O-])cc1)Nc1nnc(-c2ccc3c(c2)OCCO3)o1. The van der Waals surface area contributed by atoms with E-state index in [1.807, 2.05) is 0 Å². The Labute approximate surface area is 163 Å². The van der Waals surface area contributed by atoms with Crippen molar-refractivity contribution in [1.82, 2.24) is 10.2 Å². The first-order valence-corrected chi connectivity index (χ1v) is 8.55. The minimum Gasteiger partial charge on any atom is -0.486 e. The van der Waals surface area contributed by atoms with Crippen molar-refractivity contribution in [2.75, 3.05) is 18.5 Å². The van der Waals surface area contributed by atoms with E-state index < -0.39 is 10.8 Å². The second-order valence-electron chi connectivity index (χ2n) is 5.94. The molecule has 2 aromatic carbocycles. The first kappa shape index (κ1) is 18.2. The molecule has 1 aromatic heterocycles. The van der Waals surface area contributed by atoms with E-state index >= 15 is 0 Å². The van der Waals surface area contributed by atoms with Gasteiger partial charge in [0.05, 0.1) is 4.92 Å². The average Bonchev–Trinajstić information content (AvgIpc) is 3.20. The number of non-ortho nitro benzene ring substituents is 1. The largest absolute Gasteiger partial charge is 0.486 e. The Morgan fingerprint density at radius 2 is 1.83 bits per heavy atom. The van der Waals surface area contributed by atoms with Gasteiger partial charge in [-0.2, -0.15) is 0 Å². The number of amides is 1. The number of fused-ring (bicyclic) bond motifs is 1. The molecule has 29 heavy (non-hydrogen) atoms. The molecule has 1 N–H and O–H groups in total. The van der Waals surface area contributed by atoms with Gasteiger partial charge in [0, 0.05) is 23.8 Å². The van der Waals surface area contributed by atoms with Crippen molar-refractivity contribution in [3.63, 3.8) is 0 Å². The molecule has 0 saturated heterocycles. The first-order chi connectivity index (χ1) is 14.1. The van der Waals surface area contributed by atoms with Gasteiger partial charge in [0.25, 0.3) is 11.6 Å². The second-order valence-corrected chi connectivity index (χ2v) is 5.94. The lowest BCUT2D eigenvalue weighted by molar-refractivity contribution is -0.384. The van der Waals surface area contributed by atoms with Crippen molar-refractivity contribution < 1.29 is 23.6 Å². The van der Waals surface area contributed by atoms with Crippen LogP contribution in [0.1, 0.15) is 5.56 Å². The highest BCUT2D eigenvalue weighted by Gasteiger charge is 2.16. The summed E-state index contributed by atoms with van der Waals surface area (Å²) in [6.07, 6.45) is 2.77. The highest BCUT2D eigenvalue weighted by atomic mass is 16.6. The summed E-state index contributed by atoms with van der Waals surface area (Å²) >= 11 is 0. The minimum atomic E-state index is -0.491. The summed E-state index contributed by atoms with van der Waals surface area (Å²) in [7, 11) is 0. The predicted octanol–water partition coefficient (Wildman–Crippen LogP) is 3.07. The first-order valence-electron chi connectivity index (χ1n) is 8.55. The van der Waals surface area contributed by atoms with Crippen LogP contribution in [-0.2, 0) is 4.79 Å². The van der Waals surface area contributed by atoms with Crippen LogP contribution >= 0.6 is 0 Å². The number of rotatable bonds is 5. The molecular weight excluding hydrogens is 380 g/mol. The van der Waals surface area contributed by atoms with Crippen LogP contribution < -0.4 is 14.8 Å². The van der Waals surface area contributed by atoms with Gasteiger partial charge in [-0.15, -0.1) is 5.10 Å². The number of ether oxygens (including phenoxy) is 2. The van der Waals surface area contributed by atoms with Crippen molar-refractivity contribution in [1.29, 1.82) is 0 Å². The smallest absolute Gasteiger partial charge is 0.322 e. The van der Waals surface area contributed by atoms with Gasteiger partial charge in [0.1, 0.15) is 13.2 Å². The molecule has 0 unspecified atom stereocenters. The van der Waals surface area contributed by atoms with Gasteiger partial charge in [0.15, 0.2) is 11.5 Å². The highest BCUT2D eigenvalue weighted by Crippen LogP contribution is 2.34. The molecule has 0 saturated carbocycles. The van der Waals surface area contributed by atoms with Gasteiger partial charge in [0.2, 0.25) is 5.89 Å². The van der Waals surface area contributed by atoms with Crippen LogP contribution in [-0.4, -0.2) is 34.2 Å². The summed E-state index contributed by atoms with van der Waals surface area (Å²) in [5.41, 5.74) is 1.24. The molecule has 4 rings (SSSR count). The van der Waals surface area contributed by atoms with E-state index in [1.165, 1.54) is 36.4 Å². The number of benzene rings is 2. The maximum absolute atomic E-state index is 12.0. The molecule has 1 aliphatic heterocycles. The Morgan fingerprint density at radius 3 is 2.59 bits per heavy atom. The van der Waals surface area contributed by atoms with Crippen LogP contribution in [0.25, 0.3) is 17.5 Å². The molecule has 3 aromatic rings. The number of carbonyl (C=O) groups excluding carboxylic acids is 1. The van der Waals surface area contributed by atoms with Crippen LogP contribution in [0.15, 0.2) is 53.0 Å². The number of anilines is 1. The van der Waals surface area contributed by atoms with Crippen LogP contribution in [0.4, 0.5) is 11.7 Å². The number of nitro benzene ring substituents is 1. The molecule has 0 radical (unpaired) electrons. The lowest BCUT2D eigenvalue weighted by Gasteiger charge is -2.18. The van der Waals surface area contributed by atoms with Crippen LogP contribution in [0.2, 0.25) is 0 Å². The maximum atomic E-state index is 12.0. The molecule has 0 fully saturated rings. The highest BCUT2D eigenvalue weighted by molar-refractivity contribution is 6.00. The normalized spacial score (nSPS) is 12.7. The van der Waals surface area contributed by atoms with E-state index in [-0.39, 0.29) is 17.6 Å². The van der Waals surface area contributed by atoms with Crippen molar-refractivity contribution in [2.24, 2.45) is 0 Å². The van der Waals surface area contributed by atoms with Gasteiger partial charge in [-0.25, -0.2) is 0 Å². The fourth-order valence-electron chi connectivity index (χ4n) is 2.59. The van der Waals surface area contributed by atoms with E-state index in [2.05, 4.69) is 15.5 Å². The molecule has 1 aliphatic rings. The third kappa shape index (κ3) is 4.21. The Kier molecular flexibility index (Phi) is 4.89. The molecule has 0 spiro atoms. The molecule has 0 atom stereocenters. The third-order valence-electron chi connectivity index (χ3n) is 3.98. The number of hydrogen-bond acceptors (Lipinski definition) is 8. The van der Waals surface area contributed by atoms with Crippen molar-refractivity contribution in [3.8, 4) is 23.0 Å². The van der Waals surface area contributed by atoms with Gasteiger partial charge in [-0.3, -0.25) is 20.2 Å². The fraction of sp³-hybridized carbons (Fsp3) is 0.105. The number of nitrogens with one attached hydrogen (secondary N) is 1. The molecule has 0 bridgehead atoms. The van der Waals surface area contributed by atoms with E-state index in [0.717, 1.165) is 0 Å². The summed E-state index contributed by atoms with van der Waals surface area (Å²) in [6, 6.07) is 10.9. The quantitative estimate of drug-likeness (QED) is 0.397. The molecule has 10 nitrogen and oxygen atoms in total. The molecule has 2 heterocycles. The summed E-state index contributed by atoms with van der Waals surface area (Å²) in [4.78, 5) is 22.2. The van der Waals surface area contributed by atoms with Gasteiger partial charge >= 0.3 is 6.01 Å². The van der Waals surface area contributed by atoms with E-state index in [1.54, 1.807) is 18.2 Å². The summed E-state index contributed by atoms with van der Waals surface area (Å²) in [5, 5.41) is 20.8. The number of aromatic nitrogens is 2. The van der Waals surface area contributed by atoms with E-state index in [4.69, 9.17) is 13.9 Å². The summed E-state index contributed by atoms with van der Waals surface area (Å²) in [6.45, 7) is 0.958. The topological polar surface area (TPSA) is 130 Å². The monoisotopic (exact) mass is 394 g/mol. The standard InChI is InChI=1S/C19H14N4O6/c24-17(8-3-12-1-5-14(6-2-12)23(25)26)20-19-22-21-18(29-19)13-4-7-15-16(11-13)28-10-9-27-15/h1-8,11H,9-10H2,(H,20,22,24)/b8-3+. The Bertz CT molecular complexity index is 1090. The maximum Gasteiger partial charge on any atom is 0.322 e.